The van der Waals surface area contributed by atoms with Gasteiger partial charge in [-0.2, -0.15) is 13.2 Å². The number of allylic oxidation sites excluding steroid dienone is 2. The SMILES string of the molecule is NS(=O)(=O)C1(F)C=CC=CC1NC(=O)C(F)(F)F. The van der Waals surface area contributed by atoms with Crippen LogP contribution in [0, 0.1) is 0 Å². The highest BCUT2D eigenvalue weighted by atomic mass is 32.2. The molecule has 0 saturated heterocycles. The predicted molar refractivity (Wildman–Crippen MR) is 53.2 cm³/mol. The number of alkyl halides is 4. The number of primary sulfonamides is 1. The number of nitrogens with one attached hydrogen (secondary N) is 1. The summed E-state index contributed by atoms with van der Waals surface area (Å²) in [6, 6.07) is -2.05. The fourth-order valence-corrected chi connectivity index (χ4v) is 2.00. The monoisotopic (exact) mass is 288 g/mol. The highest BCUT2D eigenvalue weighted by Crippen LogP contribution is 2.28. The Morgan fingerprint density at radius 2 is 1.89 bits per heavy atom. The Kier molecular flexibility index (Phi) is 3.54. The molecule has 0 aromatic rings. The molecule has 0 bridgehead atoms. The van der Waals surface area contributed by atoms with Crippen LogP contribution in [0.4, 0.5) is 17.6 Å². The molecule has 1 rings (SSSR count). The lowest BCUT2D eigenvalue weighted by Gasteiger charge is -2.29. The summed E-state index contributed by atoms with van der Waals surface area (Å²) in [5.74, 6) is -2.46. The molecule has 102 valence electrons. The summed E-state index contributed by atoms with van der Waals surface area (Å²) in [4.78, 5) is 10.7. The molecule has 0 aromatic carbocycles. The van der Waals surface area contributed by atoms with E-state index >= 15 is 0 Å². The molecule has 1 aliphatic rings. The number of carbonyl (C=O) groups excluding carboxylic acids is 1. The first-order chi connectivity index (χ1) is 7.98. The number of rotatable bonds is 2. The van der Waals surface area contributed by atoms with Crippen LogP contribution in [-0.2, 0) is 14.8 Å². The van der Waals surface area contributed by atoms with Gasteiger partial charge in [0.15, 0.2) is 0 Å². The third kappa shape index (κ3) is 2.70. The van der Waals surface area contributed by atoms with E-state index in [1.165, 1.54) is 5.32 Å². The lowest BCUT2D eigenvalue weighted by atomic mass is 10.1. The molecule has 0 radical (unpaired) electrons. The van der Waals surface area contributed by atoms with Gasteiger partial charge in [-0.25, -0.2) is 17.9 Å². The summed E-state index contributed by atoms with van der Waals surface area (Å²) in [5.41, 5.74) is 0. The standard InChI is InChI=1S/C8H8F4N2O3S/c9-7(18(13,16)17)4-2-1-3-5(7)14-6(15)8(10,11)12/h1-5H,(H,14,15)(H2,13,16,17). The first kappa shape index (κ1) is 14.6. The Bertz CT molecular complexity index is 511. The van der Waals surface area contributed by atoms with Crippen LogP contribution in [0.15, 0.2) is 24.3 Å². The minimum Gasteiger partial charge on any atom is -0.337 e. The van der Waals surface area contributed by atoms with Crippen LogP contribution in [-0.4, -0.2) is 31.5 Å². The van der Waals surface area contributed by atoms with Crippen molar-refractivity contribution in [2.24, 2.45) is 5.14 Å². The molecule has 2 atom stereocenters. The van der Waals surface area contributed by atoms with E-state index in [1.807, 2.05) is 0 Å². The van der Waals surface area contributed by atoms with E-state index in [2.05, 4.69) is 5.14 Å². The topological polar surface area (TPSA) is 89.3 Å². The summed E-state index contributed by atoms with van der Waals surface area (Å²) in [7, 11) is -4.85. The second-order valence-electron chi connectivity index (χ2n) is 3.44. The summed E-state index contributed by atoms with van der Waals surface area (Å²) in [6.45, 7) is 0. The summed E-state index contributed by atoms with van der Waals surface area (Å²) in [5, 5.41) is 2.50. The second kappa shape index (κ2) is 4.35. The number of hydrogen-bond donors (Lipinski definition) is 2. The van der Waals surface area contributed by atoms with Crippen LogP contribution in [0.2, 0.25) is 0 Å². The average molecular weight is 288 g/mol. The molecule has 3 N–H and O–H groups in total. The summed E-state index contributed by atoms with van der Waals surface area (Å²) < 4.78 is 72.1. The van der Waals surface area contributed by atoms with Gasteiger partial charge in [-0.1, -0.05) is 18.2 Å². The smallest absolute Gasteiger partial charge is 0.337 e. The van der Waals surface area contributed by atoms with E-state index in [0.717, 1.165) is 18.2 Å². The van der Waals surface area contributed by atoms with Gasteiger partial charge in [-0.3, -0.25) is 4.79 Å². The van der Waals surface area contributed by atoms with Gasteiger partial charge in [0, 0.05) is 0 Å². The number of halogens is 4. The van der Waals surface area contributed by atoms with E-state index in [0.29, 0.717) is 6.08 Å². The number of amides is 1. The molecule has 1 amide bonds. The van der Waals surface area contributed by atoms with Crippen molar-refractivity contribution in [3.63, 3.8) is 0 Å². The molecular weight excluding hydrogens is 280 g/mol. The zero-order valence-corrected chi connectivity index (χ0v) is 9.43. The Morgan fingerprint density at radius 3 is 2.33 bits per heavy atom. The molecule has 0 fully saturated rings. The molecule has 0 spiro atoms. The van der Waals surface area contributed by atoms with E-state index in [4.69, 9.17) is 0 Å². The van der Waals surface area contributed by atoms with Crippen LogP contribution in [0.1, 0.15) is 0 Å². The van der Waals surface area contributed by atoms with Gasteiger partial charge in [0.25, 0.3) is 15.0 Å². The summed E-state index contributed by atoms with van der Waals surface area (Å²) in [6.07, 6.45) is -1.99. The predicted octanol–water partition coefficient (Wildman–Crippen LogP) is 0.114. The quantitative estimate of drug-likeness (QED) is 0.707. The number of nitrogens with two attached hydrogens (primary N) is 1. The first-order valence-electron chi connectivity index (χ1n) is 4.43. The van der Waals surface area contributed by atoms with Crippen LogP contribution < -0.4 is 10.5 Å². The second-order valence-corrected chi connectivity index (χ2v) is 5.15. The lowest BCUT2D eigenvalue weighted by Crippen LogP contribution is -2.57. The lowest BCUT2D eigenvalue weighted by molar-refractivity contribution is -0.174. The zero-order chi connectivity index (χ0) is 14.2. The Hall–Kier alpha value is -1.42. The minimum absolute atomic E-state index is 0.462. The molecule has 2 unspecified atom stereocenters. The number of carbonyl (C=O) groups is 1. The molecule has 18 heavy (non-hydrogen) atoms. The van der Waals surface area contributed by atoms with Crippen molar-refractivity contribution >= 4 is 15.9 Å². The maximum atomic E-state index is 14.1. The Labute approximate surface area is 99.4 Å². The number of hydrogen-bond acceptors (Lipinski definition) is 3. The van der Waals surface area contributed by atoms with Crippen LogP contribution in [0.3, 0.4) is 0 Å². The van der Waals surface area contributed by atoms with Gasteiger partial charge in [-0.05, 0) is 6.08 Å². The van der Waals surface area contributed by atoms with Crippen molar-refractivity contribution in [2.75, 3.05) is 0 Å². The van der Waals surface area contributed by atoms with E-state index in [1.54, 1.807) is 0 Å². The fraction of sp³-hybridized carbons (Fsp3) is 0.375. The van der Waals surface area contributed by atoms with E-state index in [-0.39, 0.29) is 0 Å². The molecule has 10 heteroatoms. The highest BCUT2D eigenvalue weighted by molar-refractivity contribution is 7.90. The van der Waals surface area contributed by atoms with Crippen molar-refractivity contribution in [2.45, 2.75) is 17.2 Å². The third-order valence-corrected chi connectivity index (χ3v) is 3.40. The van der Waals surface area contributed by atoms with Crippen molar-refractivity contribution in [3.05, 3.63) is 24.3 Å². The van der Waals surface area contributed by atoms with Gasteiger partial charge < -0.3 is 5.32 Å². The normalized spacial score (nSPS) is 28.2. The maximum Gasteiger partial charge on any atom is 0.471 e. The average Bonchev–Trinajstić information content (AvgIpc) is 2.18. The minimum atomic E-state index is -5.26. The first-order valence-corrected chi connectivity index (χ1v) is 5.98. The zero-order valence-electron chi connectivity index (χ0n) is 8.61. The molecule has 0 heterocycles. The van der Waals surface area contributed by atoms with Crippen molar-refractivity contribution < 1.29 is 30.8 Å². The van der Waals surface area contributed by atoms with Gasteiger partial charge in [0.05, 0.1) is 0 Å². The van der Waals surface area contributed by atoms with E-state index in [9.17, 15) is 30.8 Å². The van der Waals surface area contributed by atoms with Crippen molar-refractivity contribution in [1.82, 2.24) is 5.32 Å². The Balaban J connectivity index is 3.05. The molecule has 0 saturated carbocycles. The fourth-order valence-electron chi connectivity index (χ4n) is 1.24. The van der Waals surface area contributed by atoms with Crippen molar-refractivity contribution in [3.8, 4) is 0 Å². The maximum absolute atomic E-state index is 14.1. The van der Waals surface area contributed by atoms with Crippen LogP contribution in [0.25, 0.3) is 0 Å². The molecule has 5 nitrogen and oxygen atoms in total. The molecule has 0 aromatic heterocycles. The van der Waals surface area contributed by atoms with Crippen molar-refractivity contribution in [1.29, 1.82) is 0 Å². The van der Waals surface area contributed by atoms with Crippen LogP contribution >= 0.6 is 0 Å². The summed E-state index contributed by atoms with van der Waals surface area (Å²) >= 11 is 0. The Morgan fingerprint density at radius 1 is 1.33 bits per heavy atom. The van der Waals surface area contributed by atoms with Gasteiger partial charge in [0.1, 0.15) is 6.04 Å². The molecule has 1 aliphatic carbocycles. The number of sulfonamides is 1. The van der Waals surface area contributed by atoms with Gasteiger partial charge in [0.2, 0.25) is 0 Å². The third-order valence-electron chi connectivity index (χ3n) is 2.14. The van der Waals surface area contributed by atoms with Crippen LogP contribution in [0.5, 0.6) is 0 Å². The molecule has 0 aliphatic heterocycles. The largest absolute Gasteiger partial charge is 0.471 e. The van der Waals surface area contributed by atoms with Gasteiger partial charge in [-0.15, -0.1) is 0 Å². The van der Waals surface area contributed by atoms with Gasteiger partial charge >= 0.3 is 12.1 Å². The highest BCUT2D eigenvalue weighted by Gasteiger charge is 2.50. The van der Waals surface area contributed by atoms with E-state index < -0.39 is 33.1 Å². The molecular formula is C8H8F4N2O3S.